The number of hydrogen-bond donors (Lipinski definition) is 0. The van der Waals surface area contributed by atoms with Crippen molar-refractivity contribution in [3.05, 3.63) is 34.9 Å². The standard InChI is InChI=1S/C12H12O4/c1-16-12(15)10-5-8(7-2-3-7)4-9(6-10)11(13)14/h4-7H,2-3H2,1H3,(H,13,14)/p-1. The van der Waals surface area contributed by atoms with Crippen LogP contribution in [-0.2, 0) is 4.74 Å². The summed E-state index contributed by atoms with van der Waals surface area (Å²) in [6.45, 7) is 0. The van der Waals surface area contributed by atoms with Crippen molar-refractivity contribution >= 4 is 11.9 Å². The van der Waals surface area contributed by atoms with Crippen molar-refractivity contribution in [2.45, 2.75) is 18.8 Å². The van der Waals surface area contributed by atoms with Crippen LogP contribution in [0.15, 0.2) is 18.2 Å². The molecule has 0 heterocycles. The Balaban J connectivity index is 2.44. The summed E-state index contributed by atoms with van der Waals surface area (Å²) in [7, 11) is 1.27. The normalized spacial score (nSPS) is 14.6. The minimum absolute atomic E-state index is 0.0322. The number of rotatable bonds is 3. The smallest absolute Gasteiger partial charge is 0.337 e. The van der Waals surface area contributed by atoms with Gasteiger partial charge in [0.15, 0.2) is 0 Å². The summed E-state index contributed by atoms with van der Waals surface area (Å²) in [5, 5.41) is 10.8. The number of hydrogen-bond acceptors (Lipinski definition) is 4. The van der Waals surface area contributed by atoms with Crippen LogP contribution in [0.4, 0.5) is 0 Å². The van der Waals surface area contributed by atoms with Crippen molar-refractivity contribution in [2.24, 2.45) is 0 Å². The van der Waals surface area contributed by atoms with Gasteiger partial charge in [0.25, 0.3) is 0 Å². The van der Waals surface area contributed by atoms with Gasteiger partial charge >= 0.3 is 5.97 Å². The third-order valence-corrected chi connectivity index (χ3v) is 2.66. The Morgan fingerprint density at radius 1 is 1.25 bits per heavy atom. The highest BCUT2D eigenvalue weighted by atomic mass is 16.5. The van der Waals surface area contributed by atoms with Gasteiger partial charge < -0.3 is 14.6 Å². The molecule has 0 atom stereocenters. The first-order valence-corrected chi connectivity index (χ1v) is 5.06. The molecule has 1 aromatic carbocycles. The first-order valence-electron chi connectivity index (χ1n) is 5.06. The molecular formula is C12H11O4-. The summed E-state index contributed by atoms with van der Waals surface area (Å²) in [5.74, 6) is -1.42. The second-order valence-corrected chi connectivity index (χ2v) is 3.90. The van der Waals surface area contributed by atoms with E-state index in [1.165, 1.54) is 13.2 Å². The Labute approximate surface area is 92.8 Å². The van der Waals surface area contributed by atoms with Gasteiger partial charge in [-0.05, 0) is 48.1 Å². The average molecular weight is 219 g/mol. The molecule has 2 rings (SSSR count). The number of benzene rings is 1. The van der Waals surface area contributed by atoms with Gasteiger partial charge in [-0.15, -0.1) is 0 Å². The molecule has 4 nitrogen and oxygen atoms in total. The van der Waals surface area contributed by atoms with E-state index in [-0.39, 0.29) is 11.1 Å². The van der Waals surface area contributed by atoms with Crippen LogP contribution in [-0.4, -0.2) is 19.0 Å². The number of esters is 1. The molecule has 1 saturated carbocycles. The maximum Gasteiger partial charge on any atom is 0.337 e. The molecule has 1 aliphatic carbocycles. The van der Waals surface area contributed by atoms with Crippen LogP contribution in [0.2, 0.25) is 0 Å². The largest absolute Gasteiger partial charge is 0.545 e. The molecule has 1 fully saturated rings. The molecule has 1 aromatic rings. The fourth-order valence-electron chi connectivity index (χ4n) is 1.66. The zero-order chi connectivity index (χ0) is 11.7. The van der Waals surface area contributed by atoms with Gasteiger partial charge in [0.1, 0.15) is 0 Å². The summed E-state index contributed by atoms with van der Waals surface area (Å²) in [6, 6.07) is 4.54. The lowest BCUT2D eigenvalue weighted by Crippen LogP contribution is -2.23. The maximum absolute atomic E-state index is 11.3. The molecule has 0 saturated heterocycles. The number of ether oxygens (including phenoxy) is 1. The number of carboxylic acids is 1. The molecular weight excluding hydrogens is 208 g/mol. The lowest BCUT2D eigenvalue weighted by atomic mass is 10.0. The predicted octanol–water partition coefficient (Wildman–Crippen LogP) is 0.714. The van der Waals surface area contributed by atoms with Crippen molar-refractivity contribution in [1.82, 2.24) is 0 Å². The van der Waals surface area contributed by atoms with Gasteiger partial charge in [0.2, 0.25) is 0 Å². The molecule has 0 radical (unpaired) electrons. The predicted molar refractivity (Wildman–Crippen MR) is 54.1 cm³/mol. The summed E-state index contributed by atoms with van der Waals surface area (Å²) < 4.78 is 4.57. The minimum atomic E-state index is -1.27. The van der Waals surface area contributed by atoms with Crippen molar-refractivity contribution < 1.29 is 19.4 Å². The molecule has 0 aromatic heterocycles. The third kappa shape index (κ3) is 2.05. The van der Waals surface area contributed by atoms with E-state index in [1.54, 1.807) is 12.1 Å². The summed E-state index contributed by atoms with van der Waals surface area (Å²) in [6.07, 6.45) is 2.08. The third-order valence-electron chi connectivity index (χ3n) is 2.66. The van der Waals surface area contributed by atoms with E-state index in [9.17, 15) is 14.7 Å². The summed E-state index contributed by atoms with van der Waals surface area (Å²) in [4.78, 5) is 22.1. The van der Waals surface area contributed by atoms with E-state index in [0.717, 1.165) is 18.4 Å². The van der Waals surface area contributed by atoms with Crippen LogP contribution in [0, 0.1) is 0 Å². The Bertz CT molecular complexity index is 446. The Morgan fingerprint density at radius 3 is 2.38 bits per heavy atom. The fourth-order valence-corrected chi connectivity index (χ4v) is 1.66. The fraction of sp³-hybridized carbons (Fsp3) is 0.333. The van der Waals surface area contributed by atoms with Crippen LogP contribution < -0.4 is 5.11 Å². The van der Waals surface area contributed by atoms with E-state index in [0.29, 0.717) is 5.92 Å². The van der Waals surface area contributed by atoms with Gasteiger partial charge in [-0.25, -0.2) is 4.79 Å². The van der Waals surface area contributed by atoms with Gasteiger partial charge in [0.05, 0.1) is 18.6 Å². The molecule has 84 valence electrons. The van der Waals surface area contributed by atoms with Gasteiger partial charge in [-0.2, -0.15) is 0 Å². The molecule has 4 heteroatoms. The number of methoxy groups -OCH3 is 1. The Kier molecular flexibility index (Phi) is 2.64. The average Bonchev–Trinajstić information content (AvgIpc) is 3.11. The maximum atomic E-state index is 11.3. The van der Waals surface area contributed by atoms with Gasteiger partial charge in [-0.3, -0.25) is 0 Å². The molecule has 0 amide bonds. The first-order chi connectivity index (χ1) is 7.61. The van der Waals surface area contributed by atoms with Gasteiger partial charge in [0, 0.05) is 0 Å². The van der Waals surface area contributed by atoms with Crippen LogP contribution in [0.3, 0.4) is 0 Å². The minimum Gasteiger partial charge on any atom is -0.545 e. The number of carbonyl (C=O) groups is 2. The number of aromatic carboxylic acids is 1. The molecule has 0 aliphatic heterocycles. The molecule has 0 spiro atoms. The van der Waals surface area contributed by atoms with Crippen LogP contribution in [0.5, 0.6) is 0 Å². The summed E-state index contributed by atoms with van der Waals surface area (Å²) in [5.41, 5.74) is 1.18. The van der Waals surface area contributed by atoms with Crippen molar-refractivity contribution in [3.63, 3.8) is 0 Å². The topological polar surface area (TPSA) is 66.4 Å². The van der Waals surface area contributed by atoms with Crippen molar-refractivity contribution in [2.75, 3.05) is 7.11 Å². The van der Waals surface area contributed by atoms with E-state index in [4.69, 9.17) is 0 Å². The Hall–Kier alpha value is -1.84. The van der Waals surface area contributed by atoms with E-state index < -0.39 is 11.9 Å². The first kappa shape index (κ1) is 10.7. The number of carboxylic acid groups (broad SMARTS) is 1. The van der Waals surface area contributed by atoms with Crippen LogP contribution >= 0.6 is 0 Å². The molecule has 1 aliphatic rings. The monoisotopic (exact) mass is 219 g/mol. The van der Waals surface area contributed by atoms with Gasteiger partial charge in [-0.1, -0.05) is 0 Å². The summed E-state index contributed by atoms with van der Waals surface area (Å²) >= 11 is 0. The molecule has 0 N–H and O–H groups in total. The van der Waals surface area contributed by atoms with Crippen molar-refractivity contribution in [3.8, 4) is 0 Å². The number of carbonyl (C=O) groups excluding carboxylic acids is 2. The highest BCUT2D eigenvalue weighted by molar-refractivity contribution is 5.94. The Morgan fingerprint density at radius 2 is 1.88 bits per heavy atom. The second kappa shape index (κ2) is 3.96. The van der Waals surface area contributed by atoms with Crippen LogP contribution in [0.1, 0.15) is 45.0 Å². The van der Waals surface area contributed by atoms with Crippen molar-refractivity contribution in [1.29, 1.82) is 0 Å². The quantitative estimate of drug-likeness (QED) is 0.702. The highest BCUT2D eigenvalue weighted by Crippen LogP contribution is 2.40. The second-order valence-electron chi connectivity index (χ2n) is 3.90. The molecule has 0 unspecified atom stereocenters. The molecule has 0 bridgehead atoms. The zero-order valence-corrected chi connectivity index (χ0v) is 8.86. The van der Waals surface area contributed by atoms with E-state index in [2.05, 4.69) is 4.74 Å². The van der Waals surface area contributed by atoms with E-state index in [1.807, 2.05) is 0 Å². The highest BCUT2D eigenvalue weighted by Gasteiger charge is 2.25. The zero-order valence-electron chi connectivity index (χ0n) is 8.86. The lowest BCUT2D eigenvalue weighted by Gasteiger charge is -2.08. The van der Waals surface area contributed by atoms with E-state index >= 15 is 0 Å². The SMILES string of the molecule is COC(=O)c1cc(C(=O)[O-])cc(C2CC2)c1. The lowest BCUT2D eigenvalue weighted by molar-refractivity contribution is -0.255. The van der Waals surface area contributed by atoms with Crippen LogP contribution in [0.25, 0.3) is 0 Å². The molecule has 16 heavy (non-hydrogen) atoms.